The van der Waals surface area contributed by atoms with Crippen LogP contribution in [0.4, 0.5) is 0 Å². The van der Waals surface area contributed by atoms with Gasteiger partial charge in [0.2, 0.25) is 0 Å². The monoisotopic (exact) mass is 413 g/mol. The molecule has 0 radical (unpaired) electrons. The number of ketones is 1. The van der Waals surface area contributed by atoms with Gasteiger partial charge in [0.25, 0.3) is 0 Å². The molecule has 7 heteroatoms. The van der Waals surface area contributed by atoms with Gasteiger partial charge >= 0.3 is 0 Å². The highest BCUT2D eigenvalue weighted by Crippen LogP contribution is 2.36. The Morgan fingerprint density at radius 2 is 1.96 bits per heavy atom. The van der Waals surface area contributed by atoms with Gasteiger partial charge in [-0.1, -0.05) is 60.1 Å². The summed E-state index contributed by atoms with van der Waals surface area (Å²) in [6.07, 6.45) is 3.56. The quantitative estimate of drug-likeness (QED) is 0.575. The molecule has 4 rings (SSSR count). The average molecular weight is 414 g/mol. The van der Waals surface area contributed by atoms with Crippen LogP contribution in [-0.2, 0) is 4.79 Å². The molecule has 1 aromatic heterocycles. The van der Waals surface area contributed by atoms with E-state index < -0.39 is 0 Å². The molecule has 0 spiro atoms. The summed E-state index contributed by atoms with van der Waals surface area (Å²) in [6, 6.07) is 15.5. The molecule has 1 fully saturated rings. The van der Waals surface area contributed by atoms with E-state index in [0.717, 1.165) is 30.5 Å². The minimum absolute atomic E-state index is 0.0750. The number of hydrogen-bond donors (Lipinski definition) is 0. The van der Waals surface area contributed by atoms with Crippen LogP contribution in [0.15, 0.2) is 53.7 Å². The third-order valence-corrected chi connectivity index (χ3v) is 6.36. The molecule has 28 heavy (non-hydrogen) atoms. The van der Waals surface area contributed by atoms with Crippen LogP contribution in [0, 0.1) is 0 Å². The van der Waals surface area contributed by atoms with Crippen molar-refractivity contribution in [2.24, 2.45) is 0 Å². The third kappa shape index (κ3) is 3.80. The SMILES string of the molecule is COc1ccc(-n2c(S[C@H]3CCCCC3=O)nnc2-c2ccccc2)cc1Cl. The van der Waals surface area contributed by atoms with Crippen molar-refractivity contribution in [3.63, 3.8) is 0 Å². The van der Waals surface area contributed by atoms with Gasteiger partial charge in [-0.25, -0.2) is 0 Å². The van der Waals surface area contributed by atoms with E-state index in [2.05, 4.69) is 10.2 Å². The van der Waals surface area contributed by atoms with Gasteiger partial charge in [-0.05, 0) is 31.0 Å². The van der Waals surface area contributed by atoms with Crippen LogP contribution < -0.4 is 4.74 Å². The number of aromatic nitrogens is 3. The number of thioether (sulfide) groups is 1. The van der Waals surface area contributed by atoms with Gasteiger partial charge in [-0.2, -0.15) is 0 Å². The van der Waals surface area contributed by atoms with E-state index in [1.54, 1.807) is 7.11 Å². The number of nitrogens with zero attached hydrogens (tertiary/aromatic N) is 3. The number of carbonyl (C=O) groups is 1. The number of methoxy groups -OCH3 is 1. The maximum absolute atomic E-state index is 12.3. The molecule has 5 nitrogen and oxygen atoms in total. The van der Waals surface area contributed by atoms with Gasteiger partial charge in [-0.3, -0.25) is 9.36 Å². The largest absolute Gasteiger partial charge is 0.495 e. The summed E-state index contributed by atoms with van der Waals surface area (Å²) in [7, 11) is 1.59. The van der Waals surface area contributed by atoms with Crippen molar-refractivity contribution in [1.29, 1.82) is 0 Å². The normalized spacial score (nSPS) is 16.9. The van der Waals surface area contributed by atoms with Gasteiger partial charge in [0.15, 0.2) is 11.0 Å². The van der Waals surface area contributed by atoms with Crippen LogP contribution >= 0.6 is 23.4 Å². The van der Waals surface area contributed by atoms with Crippen LogP contribution in [0.1, 0.15) is 25.7 Å². The van der Waals surface area contributed by atoms with E-state index in [9.17, 15) is 4.79 Å². The molecular formula is C21H20ClN3O2S. The summed E-state index contributed by atoms with van der Waals surface area (Å²) in [5.41, 5.74) is 1.78. The maximum Gasteiger partial charge on any atom is 0.196 e. The van der Waals surface area contributed by atoms with Crippen molar-refractivity contribution in [3.8, 4) is 22.8 Å². The molecule has 0 bridgehead atoms. The minimum Gasteiger partial charge on any atom is -0.495 e. The Morgan fingerprint density at radius 1 is 1.14 bits per heavy atom. The zero-order valence-corrected chi connectivity index (χ0v) is 17.0. The first-order valence-electron chi connectivity index (χ1n) is 9.21. The maximum atomic E-state index is 12.3. The van der Waals surface area contributed by atoms with Crippen molar-refractivity contribution < 1.29 is 9.53 Å². The van der Waals surface area contributed by atoms with Crippen LogP contribution in [-0.4, -0.2) is 32.9 Å². The highest BCUT2D eigenvalue weighted by Gasteiger charge is 2.27. The summed E-state index contributed by atoms with van der Waals surface area (Å²) in [5, 5.41) is 9.98. The number of benzene rings is 2. The topological polar surface area (TPSA) is 57.0 Å². The smallest absolute Gasteiger partial charge is 0.196 e. The second-order valence-corrected chi connectivity index (χ2v) is 8.22. The number of hydrogen-bond acceptors (Lipinski definition) is 5. The Balaban J connectivity index is 1.79. The lowest BCUT2D eigenvalue weighted by molar-refractivity contribution is -0.119. The summed E-state index contributed by atoms with van der Waals surface area (Å²) < 4.78 is 7.24. The molecule has 2 aromatic carbocycles. The zero-order valence-electron chi connectivity index (χ0n) is 15.5. The van der Waals surface area contributed by atoms with Crippen molar-refractivity contribution in [2.45, 2.75) is 36.1 Å². The van der Waals surface area contributed by atoms with Crippen molar-refractivity contribution in [1.82, 2.24) is 14.8 Å². The number of Topliss-reactive ketones (excluding diaryl/α,β-unsaturated/α-hetero) is 1. The first kappa shape index (κ1) is 19.0. The Labute approximate surface area is 173 Å². The van der Waals surface area contributed by atoms with Crippen LogP contribution in [0.25, 0.3) is 17.1 Å². The van der Waals surface area contributed by atoms with E-state index >= 15 is 0 Å². The molecule has 144 valence electrons. The van der Waals surface area contributed by atoms with E-state index in [1.165, 1.54) is 11.8 Å². The van der Waals surface area contributed by atoms with E-state index in [-0.39, 0.29) is 5.25 Å². The van der Waals surface area contributed by atoms with Crippen LogP contribution in [0.2, 0.25) is 5.02 Å². The summed E-state index contributed by atoms with van der Waals surface area (Å²) in [6.45, 7) is 0. The standard InChI is InChI=1S/C21H20ClN3O2S/c1-27-18-12-11-15(13-16(18)22)25-20(14-7-3-2-4-8-14)23-24-21(25)28-19-10-6-5-9-17(19)26/h2-4,7-8,11-13,19H,5-6,9-10H2,1H3/t19-/m0/s1. The average Bonchev–Trinajstić information content (AvgIpc) is 3.14. The Bertz CT molecular complexity index is 991. The lowest BCUT2D eigenvalue weighted by Crippen LogP contribution is -2.21. The number of ether oxygens (including phenoxy) is 1. The summed E-state index contributed by atoms with van der Waals surface area (Å²) in [4.78, 5) is 12.3. The molecule has 1 aliphatic carbocycles. The van der Waals surface area contributed by atoms with Crippen LogP contribution in [0.3, 0.4) is 0 Å². The first-order chi connectivity index (χ1) is 13.7. The second kappa shape index (κ2) is 8.37. The highest BCUT2D eigenvalue weighted by atomic mass is 35.5. The van der Waals surface area contributed by atoms with Crippen molar-refractivity contribution in [2.75, 3.05) is 7.11 Å². The Kier molecular flexibility index (Phi) is 5.69. The number of rotatable bonds is 5. The van der Waals surface area contributed by atoms with Gasteiger partial charge in [0, 0.05) is 12.0 Å². The molecular weight excluding hydrogens is 394 g/mol. The minimum atomic E-state index is -0.0750. The predicted molar refractivity (Wildman–Crippen MR) is 111 cm³/mol. The van der Waals surface area contributed by atoms with Crippen molar-refractivity contribution >= 4 is 29.1 Å². The zero-order chi connectivity index (χ0) is 19.5. The molecule has 0 unspecified atom stereocenters. The lowest BCUT2D eigenvalue weighted by atomic mass is 9.99. The Morgan fingerprint density at radius 3 is 2.68 bits per heavy atom. The molecule has 0 saturated heterocycles. The van der Waals surface area contributed by atoms with Gasteiger partial charge in [-0.15, -0.1) is 10.2 Å². The van der Waals surface area contributed by atoms with Crippen molar-refractivity contribution in [3.05, 3.63) is 53.6 Å². The summed E-state index contributed by atoms with van der Waals surface area (Å²) >= 11 is 7.86. The molecule has 0 aliphatic heterocycles. The predicted octanol–water partition coefficient (Wildman–Crippen LogP) is 5.20. The van der Waals surface area contributed by atoms with Crippen LogP contribution in [0.5, 0.6) is 5.75 Å². The Hall–Kier alpha value is -2.31. The van der Waals surface area contributed by atoms with Gasteiger partial charge in [0.1, 0.15) is 11.5 Å². The van der Waals surface area contributed by atoms with E-state index in [1.807, 2.05) is 53.1 Å². The lowest BCUT2D eigenvalue weighted by Gasteiger charge is -2.20. The fourth-order valence-corrected chi connectivity index (χ4v) is 4.78. The molecule has 3 aromatic rings. The number of carbonyl (C=O) groups excluding carboxylic acids is 1. The molecule has 0 amide bonds. The molecule has 1 saturated carbocycles. The molecule has 1 aliphatic rings. The molecule has 0 N–H and O–H groups in total. The highest BCUT2D eigenvalue weighted by molar-refractivity contribution is 8.00. The second-order valence-electron chi connectivity index (χ2n) is 6.65. The molecule has 1 atom stereocenters. The number of halogens is 1. The third-order valence-electron chi connectivity index (χ3n) is 4.81. The fourth-order valence-electron chi connectivity index (χ4n) is 3.35. The fraction of sp³-hybridized carbons (Fsp3) is 0.286. The van der Waals surface area contributed by atoms with Gasteiger partial charge < -0.3 is 4.74 Å². The van der Waals surface area contributed by atoms with Gasteiger partial charge in [0.05, 0.1) is 23.1 Å². The van der Waals surface area contributed by atoms with E-state index in [0.29, 0.717) is 34.0 Å². The first-order valence-corrected chi connectivity index (χ1v) is 10.5. The summed E-state index contributed by atoms with van der Waals surface area (Å²) in [5.74, 6) is 1.61. The molecule has 1 heterocycles. The van der Waals surface area contributed by atoms with E-state index in [4.69, 9.17) is 16.3 Å².